The first-order valence-electron chi connectivity index (χ1n) is 26.5. The zero-order chi connectivity index (χ0) is 60.9. The van der Waals surface area contributed by atoms with Crippen LogP contribution in [0.2, 0.25) is 0 Å². The zero-order valence-electron chi connectivity index (χ0n) is 48.5. The smallest absolute Gasteiger partial charge is 0.336 e. The normalized spacial score (nSPS) is 10.9. The van der Waals surface area contributed by atoms with Gasteiger partial charge < -0.3 is 85.6 Å². The van der Waals surface area contributed by atoms with E-state index in [4.69, 9.17) is 75.8 Å². The van der Waals surface area contributed by atoms with Crippen LogP contribution < -0.4 is 17.1 Å². The molecule has 1 aromatic rings. The topological polar surface area (TPSA) is 343 Å². The molecule has 474 valence electrons. The molecule has 1 rings (SSSR count). The maximum absolute atomic E-state index is 13.1. The summed E-state index contributed by atoms with van der Waals surface area (Å²) in [6.45, 7) is 6.18. The molecule has 0 aliphatic rings. The fourth-order valence-electron chi connectivity index (χ4n) is 6.01. The van der Waals surface area contributed by atoms with Crippen molar-refractivity contribution >= 4 is 42.7 Å². The van der Waals surface area contributed by atoms with Crippen molar-refractivity contribution in [2.75, 3.05) is 221 Å². The Morgan fingerprint density at radius 1 is 0.341 bits per heavy atom. The number of rotatable bonds is 53. The highest BCUT2D eigenvalue weighted by Gasteiger charge is 2.20. The Hall–Kier alpha value is -5.78. The van der Waals surface area contributed by atoms with E-state index in [1.54, 1.807) is 42.5 Å². The Morgan fingerprint density at radius 2 is 0.573 bits per heavy atom. The third-order valence-corrected chi connectivity index (χ3v) is 10.5. The molecular weight excluding hydrogens is 1100 g/mol. The van der Waals surface area contributed by atoms with Crippen LogP contribution in [0, 0.1) is 0 Å². The SMILES string of the molecule is COCCOCCOCCOC(=O)CCN(C)C(=O)N(C)CCC(=O)OCCOCCOCCOC.COCCOCCOCCOC(=O)CCn1c(=O)n(CCC(=O)OCCOCCOCCOC)c(=O)n(CCN(C=O)C=O)c1=O. The zero-order valence-corrected chi connectivity index (χ0v) is 48.5. The Labute approximate surface area is 477 Å². The van der Waals surface area contributed by atoms with Gasteiger partial charge in [0.15, 0.2) is 0 Å². The van der Waals surface area contributed by atoms with Gasteiger partial charge in [-0.25, -0.2) is 32.9 Å². The number of carbonyl (C=O) groups excluding carboxylic acids is 7. The molecule has 0 unspecified atom stereocenters. The lowest BCUT2D eigenvalue weighted by Crippen LogP contribution is -2.55. The molecule has 32 heteroatoms. The van der Waals surface area contributed by atoms with Gasteiger partial charge in [0, 0.05) is 75.3 Å². The van der Waals surface area contributed by atoms with Gasteiger partial charge >= 0.3 is 47.0 Å². The number of aromatic nitrogens is 3. The van der Waals surface area contributed by atoms with E-state index in [1.165, 1.54) is 9.80 Å². The summed E-state index contributed by atoms with van der Waals surface area (Å²) in [5.74, 6) is -2.33. The molecule has 0 bridgehead atoms. The van der Waals surface area contributed by atoms with E-state index in [1.807, 2.05) is 0 Å². The quantitative estimate of drug-likeness (QED) is 0.0275. The number of hydrogen-bond acceptors (Lipinski definition) is 26. The van der Waals surface area contributed by atoms with Gasteiger partial charge in [0.2, 0.25) is 12.8 Å². The summed E-state index contributed by atoms with van der Waals surface area (Å²) in [6.07, 6.45) is -0.293. The van der Waals surface area contributed by atoms with Crippen molar-refractivity contribution in [2.45, 2.75) is 45.3 Å². The summed E-state index contributed by atoms with van der Waals surface area (Å²) in [4.78, 5) is 125. The van der Waals surface area contributed by atoms with Crippen molar-refractivity contribution in [1.29, 1.82) is 0 Å². The molecular formula is C50H88N6O26. The number of esters is 4. The van der Waals surface area contributed by atoms with E-state index in [2.05, 4.69) is 0 Å². The van der Waals surface area contributed by atoms with Crippen molar-refractivity contribution in [3.63, 3.8) is 0 Å². The number of amides is 4. The number of nitrogens with zero attached hydrogens (tertiary/aromatic N) is 6. The van der Waals surface area contributed by atoms with Crippen LogP contribution >= 0.6 is 0 Å². The van der Waals surface area contributed by atoms with Crippen LogP contribution in [-0.4, -0.2) is 292 Å². The lowest BCUT2D eigenvalue weighted by Gasteiger charge is -2.24. The van der Waals surface area contributed by atoms with E-state index in [9.17, 15) is 47.9 Å². The molecule has 0 atom stereocenters. The average molecular weight is 1190 g/mol. The van der Waals surface area contributed by atoms with E-state index >= 15 is 0 Å². The van der Waals surface area contributed by atoms with Crippen LogP contribution in [0.15, 0.2) is 14.4 Å². The van der Waals surface area contributed by atoms with E-state index in [-0.39, 0.29) is 117 Å². The molecule has 4 amide bonds. The first kappa shape index (κ1) is 76.2. The molecule has 0 saturated heterocycles. The highest BCUT2D eigenvalue weighted by atomic mass is 16.6. The monoisotopic (exact) mass is 1190 g/mol. The number of ether oxygens (including phenoxy) is 16. The number of hydrogen-bond donors (Lipinski definition) is 0. The first-order chi connectivity index (χ1) is 39.7. The molecule has 0 aliphatic carbocycles. The van der Waals surface area contributed by atoms with Crippen LogP contribution in [-0.2, 0) is 124 Å². The summed E-state index contributed by atoms with van der Waals surface area (Å²) in [5, 5.41) is 0. The van der Waals surface area contributed by atoms with E-state index in [0.29, 0.717) is 111 Å². The van der Waals surface area contributed by atoms with Crippen molar-refractivity contribution in [2.24, 2.45) is 0 Å². The largest absolute Gasteiger partial charge is 0.463 e. The highest BCUT2D eigenvalue weighted by molar-refractivity contribution is 5.76. The maximum atomic E-state index is 13.1. The minimum absolute atomic E-state index is 0.0513. The molecule has 0 radical (unpaired) electrons. The summed E-state index contributed by atoms with van der Waals surface area (Å²) in [6, 6.07) is -0.316. The van der Waals surface area contributed by atoms with Gasteiger partial charge in [-0.1, -0.05) is 0 Å². The second-order valence-corrected chi connectivity index (χ2v) is 16.6. The summed E-state index contributed by atoms with van der Waals surface area (Å²) in [7, 11) is 9.46. The molecule has 82 heavy (non-hydrogen) atoms. The predicted molar refractivity (Wildman–Crippen MR) is 285 cm³/mol. The van der Waals surface area contributed by atoms with Crippen molar-refractivity contribution in [1.82, 2.24) is 28.4 Å². The summed E-state index contributed by atoms with van der Waals surface area (Å²) in [5.41, 5.74) is -3.21. The van der Waals surface area contributed by atoms with Crippen LogP contribution in [0.5, 0.6) is 0 Å². The van der Waals surface area contributed by atoms with Gasteiger partial charge in [-0.05, 0) is 0 Å². The minimum atomic E-state index is -1.07. The highest BCUT2D eigenvalue weighted by Crippen LogP contribution is 2.01. The van der Waals surface area contributed by atoms with Crippen molar-refractivity contribution < 1.29 is 109 Å². The molecule has 0 aromatic carbocycles. The number of imide groups is 1. The van der Waals surface area contributed by atoms with Crippen LogP contribution in [0.3, 0.4) is 0 Å². The second-order valence-electron chi connectivity index (χ2n) is 16.6. The van der Waals surface area contributed by atoms with Crippen LogP contribution in [0.1, 0.15) is 25.7 Å². The second kappa shape index (κ2) is 53.2. The maximum Gasteiger partial charge on any atom is 0.336 e. The number of carbonyl (C=O) groups is 7. The fourth-order valence-corrected chi connectivity index (χ4v) is 6.01. The first-order valence-corrected chi connectivity index (χ1v) is 26.5. The number of methoxy groups -OCH3 is 4. The minimum Gasteiger partial charge on any atom is -0.463 e. The molecule has 0 saturated carbocycles. The average Bonchev–Trinajstić information content (AvgIpc) is 3.67. The van der Waals surface area contributed by atoms with Gasteiger partial charge in [-0.2, -0.15) is 0 Å². The lowest BCUT2D eigenvalue weighted by atomic mass is 10.4. The lowest BCUT2D eigenvalue weighted by molar-refractivity contribution is -0.146. The third kappa shape index (κ3) is 40.4. The Balaban J connectivity index is 0.00000165. The molecule has 1 aromatic heterocycles. The Bertz CT molecular complexity index is 1910. The molecule has 0 N–H and O–H groups in total. The van der Waals surface area contributed by atoms with Crippen molar-refractivity contribution in [3.8, 4) is 0 Å². The van der Waals surface area contributed by atoms with Crippen molar-refractivity contribution in [3.05, 3.63) is 31.5 Å². The molecule has 1 heterocycles. The third-order valence-electron chi connectivity index (χ3n) is 10.5. The van der Waals surface area contributed by atoms with Gasteiger partial charge in [0.25, 0.3) is 0 Å². The predicted octanol–water partition coefficient (Wildman–Crippen LogP) is -2.79. The Morgan fingerprint density at radius 3 is 0.829 bits per heavy atom. The van der Waals surface area contributed by atoms with Gasteiger partial charge in [0.1, 0.15) is 26.4 Å². The molecule has 0 spiro atoms. The fraction of sp³-hybridized carbons (Fsp3) is 0.800. The summed E-state index contributed by atoms with van der Waals surface area (Å²) < 4.78 is 83.7. The Kier molecular flexibility index (Phi) is 49.5. The standard InChI is InChI=1S/C27H44N4O15.C23H44N2O11/c1-39-9-11-41-13-15-43-17-19-45-23(34)3-5-29-25(36)30(27(38)31(26(29)37)8-7-28(21-32)22-33)6-4-24(35)46-20-18-44-16-14-42-12-10-40-2;1-24(7-5-21(26)35-19-17-33-15-13-31-11-9-29-3)23(28)25(2)8-6-22(27)36-20-18-34-16-14-32-12-10-30-4/h21-22H,3-20H2,1-2H3;5-20H2,1-4H3. The molecule has 0 aliphatic heterocycles. The van der Waals surface area contributed by atoms with E-state index < -0.39 is 73.4 Å². The van der Waals surface area contributed by atoms with E-state index in [0.717, 1.165) is 0 Å². The number of urea groups is 1. The summed E-state index contributed by atoms with van der Waals surface area (Å²) >= 11 is 0. The van der Waals surface area contributed by atoms with Gasteiger partial charge in [-0.3, -0.25) is 33.7 Å². The van der Waals surface area contributed by atoms with Crippen LogP contribution in [0.25, 0.3) is 0 Å². The van der Waals surface area contributed by atoms with Crippen LogP contribution in [0.4, 0.5) is 4.79 Å². The molecule has 0 fully saturated rings. The van der Waals surface area contributed by atoms with Gasteiger partial charge in [-0.15, -0.1) is 0 Å². The van der Waals surface area contributed by atoms with Gasteiger partial charge in [0.05, 0.1) is 164 Å². The molecule has 32 nitrogen and oxygen atoms in total.